The lowest BCUT2D eigenvalue weighted by Gasteiger charge is -2.39. The highest BCUT2D eigenvalue weighted by Gasteiger charge is 2.24. The van der Waals surface area contributed by atoms with Gasteiger partial charge in [-0.1, -0.05) is 19.1 Å². The summed E-state index contributed by atoms with van der Waals surface area (Å²) in [7, 11) is 0. The molecule has 0 saturated carbocycles. The second-order valence-electron chi connectivity index (χ2n) is 4.51. The Bertz CT molecular complexity index is 532. The van der Waals surface area contributed by atoms with Crippen LogP contribution < -0.4 is 4.90 Å². The van der Waals surface area contributed by atoms with Gasteiger partial charge in [0.1, 0.15) is 0 Å². The molecule has 1 fully saturated rings. The van der Waals surface area contributed by atoms with Gasteiger partial charge >= 0.3 is 0 Å². The minimum absolute atomic E-state index is 0.811. The van der Waals surface area contributed by atoms with Crippen molar-refractivity contribution in [2.75, 3.05) is 18.0 Å². The van der Waals surface area contributed by atoms with Gasteiger partial charge in [0.2, 0.25) is 0 Å². The zero-order valence-corrected chi connectivity index (χ0v) is 10.7. The smallest absolute Gasteiger partial charge is 0.0936 e. The summed E-state index contributed by atoms with van der Waals surface area (Å²) < 4.78 is 1.04. The molecular formula is C13H13BrN2. The molecular weight excluding hydrogens is 264 g/mol. The Hall–Kier alpha value is -1.09. The molecule has 1 aromatic heterocycles. The van der Waals surface area contributed by atoms with Crippen LogP contribution in [0.15, 0.2) is 34.9 Å². The van der Waals surface area contributed by atoms with Crippen LogP contribution in [0.1, 0.15) is 6.92 Å². The molecule has 1 aliphatic rings. The van der Waals surface area contributed by atoms with E-state index in [0.717, 1.165) is 29.0 Å². The number of halogens is 1. The normalized spacial score (nSPS) is 16.5. The quantitative estimate of drug-likeness (QED) is 0.793. The molecule has 0 spiro atoms. The van der Waals surface area contributed by atoms with Gasteiger partial charge < -0.3 is 4.90 Å². The third-order valence-corrected chi connectivity index (χ3v) is 3.49. The second kappa shape index (κ2) is 3.74. The van der Waals surface area contributed by atoms with Crippen molar-refractivity contribution in [3.8, 4) is 0 Å². The molecule has 1 saturated heterocycles. The van der Waals surface area contributed by atoms with Gasteiger partial charge in [-0.05, 0) is 34.0 Å². The van der Waals surface area contributed by atoms with E-state index in [1.54, 1.807) is 0 Å². The van der Waals surface area contributed by atoms with Gasteiger partial charge in [0.15, 0.2) is 0 Å². The summed E-state index contributed by atoms with van der Waals surface area (Å²) in [6, 6.07) is 8.50. The highest BCUT2D eigenvalue weighted by Crippen LogP contribution is 2.31. The summed E-state index contributed by atoms with van der Waals surface area (Å²) >= 11 is 3.46. The van der Waals surface area contributed by atoms with Crippen molar-refractivity contribution in [2.45, 2.75) is 6.92 Å². The summed E-state index contributed by atoms with van der Waals surface area (Å²) in [5, 5.41) is 1.20. The molecule has 2 aromatic rings. The average molecular weight is 277 g/mol. The topological polar surface area (TPSA) is 16.1 Å². The third-order valence-electron chi connectivity index (χ3n) is 3.06. The second-order valence-corrected chi connectivity index (χ2v) is 5.43. The van der Waals surface area contributed by atoms with Crippen LogP contribution in [-0.4, -0.2) is 18.1 Å². The van der Waals surface area contributed by atoms with E-state index in [4.69, 9.17) is 0 Å². The van der Waals surface area contributed by atoms with E-state index in [9.17, 15) is 0 Å². The van der Waals surface area contributed by atoms with Crippen LogP contribution in [0.3, 0.4) is 0 Å². The Labute approximate surface area is 103 Å². The molecule has 3 rings (SSSR count). The van der Waals surface area contributed by atoms with Gasteiger partial charge in [0.25, 0.3) is 0 Å². The molecule has 0 N–H and O–H groups in total. The van der Waals surface area contributed by atoms with Crippen LogP contribution in [0.5, 0.6) is 0 Å². The molecule has 0 amide bonds. The molecule has 2 nitrogen and oxygen atoms in total. The van der Waals surface area contributed by atoms with Crippen LogP contribution in [0.4, 0.5) is 5.69 Å². The first-order chi connectivity index (χ1) is 7.74. The van der Waals surface area contributed by atoms with Gasteiger partial charge in [-0.2, -0.15) is 0 Å². The van der Waals surface area contributed by atoms with Gasteiger partial charge in [-0.15, -0.1) is 0 Å². The highest BCUT2D eigenvalue weighted by molar-refractivity contribution is 9.10. The van der Waals surface area contributed by atoms with E-state index in [2.05, 4.69) is 57.0 Å². The highest BCUT2D eigenvalue weighted by atomic mass is 79.9. The minimum atomic E-state index is 0.811. The largest absolute Gasteiger partial charge is 0.369 e. The number of anilines is 1. The molecule has 0 bridgehead atoms. The number of nitrogens with zero attached hydrogens (tertiary/aromatic N) is 2. The standard InChI is InChI=1S/C13H13BrN2/c1-9-7-16(8-9)12-4-2-3-10-5-11(14)6-15-13(10)12/h2-6,9H,7-8H2,1H3. The molecule has 1 aliphatic heterocycles. The van der Waals surface area contributed by atoms with Gasteiger partial charge in [0, 0.05) is 29.1 Å². The number of para-hydroxylation sites is 1. The summed E-state index contributed by atoms with van der Waals surface area (Å²) in [6.45, 7) is 4.58. The van der Waals surface area contributed by atoms with Crippen molar-refractivity contribution >= 4 is 32.5 Å². The molecule has 3 heteroatoms. The first-order valence-corrected chi connectivity index (χ1v) is 6.32. The fourth-order valence-corrected chi connectivity index (χ4v) is 2.62. The molecule has 0 atom stereocenters. The summed E-state index contributed by atoms with van der Waals surface area (Å²) in [5.41, 5.74) is 2.38. The van der Waals surface area contributed by atoms with Crippen LogP contribution in [0.2, 0.25) is 0 Å². The summed E-state index contributed by atoms with van der Waals surface area (Å²) in [5.74, 6) is 0.811. The molecule has 0 unspecified atom stereocenters. The number of fused-ring (bicyclic) bond motifs is 1. The lowest BCUT2D eigenvalue weighted by atomic mass is 10.0. The predicted octanol–water partition coefficient (Wildman–Crippen LogP) is 3.45. The van der Waals surface area contributed by atoms with Gasteiger partial charge in [-0.25, -0.2) is 0 Å². The fourth-order valence-electron chi connectivity index (χ4n) is 2.27. The SMILES string of the molecule is CC1CN(c2cccc3cc(Br)cnc23)C1. The minimum Gasteiger partial charge on any atom is -0.369 e. The maximum Gasteiger partial charge on any atom is 0.0936 e. The monoisotopic (exact) mass is 276 g/mol. The lowest BCUT2D eigenvalue weighted by Crippen LogP contribution is -2.45. The number of pyridine rings is 1. The number of hydrogen-bond acceptors (Lipinski definition) is 2. The number of benzene rings is 1. The Morgan fingerprint density at radius 2 is 2.19 bits per heavy atom. The Balaban J connectivity index is 2.11. The van der Waals surface area contributed by atoms with Crippen LogP contribution in [0.25, 0.3) is 10.9 Å². The van der Waals surface area contributed by atoms with Crippen molar-refractivity contribution in [3.05, 3.63) is 34.9 Å². The van der Waals surface area contributed by atoms with Crippen LogP contribution in [-0.2, 0) is 0 Å². The number of hydrogen-bond donors (Lipinski definition) is 0. The van der Waals surface area contributed by atoms with E-state index >= 15 is 0 Å². The lowest BCUT2D eigenvalue weighted by molar-refractivity contribution is 0.448. The molecule has 0 radical (unpaired) electrons. The third kappa shape index (κ3) is 1.59. The van der Waals surface area contributed by atoms with Crippen molar-refractivity contribution < 1.29 is 0 Å². The molecule has 16 heavy (non-hydrogen) atoms. The number of aromatic nitrogens is 1. The molecule has 2 heterocycles. The number of rotatable bonds is 1. The maximum atomic E-state index is 4.52. The first kappa shape index (κ1) is 10.1. The predicted molar refractivity (Wildman–Crippen MR) is 70.8 cm³/mol. The van der Waals surface area contributed by atoms with Gasteiger partial charge in [0.05, 0.1) is 11.2 Å². The van der Waals surface area contributed by atoms with E-state index in [1.165, 1.54) is 11.1 Å². The van der Waals surface area contributed by atoms with Crippen molar-refractivity contribution in [1.82, 2.24) is 4.98 Å². The van der Waals surface area contributed by atoms with Gasteiger partial charge in [-0.3, -0.25) is 4.98 Å². The van der Waals surface area contributed by atoms with E-state index in [0.29, 0.717) is 0 Å². The summed E-state index contributed by atoms with van der Waals surface area (Å²) in [6.07, 6.45) is 1.87. The maximum absolute atomic E-state index is 4.52. The Kier molecular flexibility index (Phi) is 2.36. The van der Waals surface area contributed by atoms with Crippen molar-refractivity contribution in [2.24, 2.45) is 5.92 Å². The molecule has 1 aromatic carbocycles. The zero-order chi connectivity index (χ0) is 11.1. The molecule has 0 aliphatic carbocycles. The van der Waals surface area contributed by atoms with Crippen LogP contribution >= 0.6 is 15.9 Å². The van der Waals surface area contributed by atoms with E-state index < -0.39 is 0 Å². The summed E-state index contributed by atoms with van der Waals surface area (Å²) in [4.78, 5) is 6.92. The average Bonchev–Trinajstić information content (AvgIpc) is 2.24. The first-order valence-electron chi connectivity index (χ1n) is 5.53. The Morgan fingerprint density at radius 1 is 1.38 bits per heavy atom. The van der Waals surface area contributed by atoms with E-state index in [1.807, 2.05) is 6.20 Å². The van der Waals surface area contributed by atoms with Crippen molar-refractivity contribution in [3.63, 3.8) is 0 Å². The van der Waals surface area contributed by atoms with E-state index in [-0.39, 0.29) is 0 Å². The Morgan fingerprint density at radius 3 is 2.94 bits per heavy atom. The molecule has 82 valence electrons. The van der Waals surface area contributed by atoms with Crippen molar-refractivity contribution in [1.29, 1.82) is 0 Å². The zero-order valence-electron chi connectivity index (χ0n) is 9.15. The van der Waals surface area contributed by atoms with Crippen LogP contribution in [0, 0.1) is 5.92 Å². The fraction of sp³-hybridized carbons (Fsp3) is 0.308.